The number of terminal acetylenes is 1. The van der Waals surface area contributed by atoms with Crippen molar-refractivity contribution in [2.45, 2.75) is 0 Å². The number of amides is 3. The molecule has 1 fully saturated rings. The third-order valence-corrected chi connectivity index (χ3v) is 5.83. The number of rotatable bonds is 7. The van der Waals surface area contributed by atoms with Crippen LogP contribution in [0.4, 0.5) is 23.7 Å². The van der Waals surface area contributed by atoms with Gasteiger partial charge in [0, 0.05) is 0 Å². The van der Waals surface area contributed by atoms with E-state index in [0.717, 1.165) is 6.07 Å². The van der Waals surface area contributed by atoms with Crippen LogP contribution in [-0.2, 0) is 9.59 Å². The number of nitrogens with one attached hydrogen (secondary N) is 1. The number of imide groups is 1. The average Bonchev–Trinajstić information content (AvgIpc) is 3.05. The maximum absolute atomic E-state index is 13.8. The van der Waals surface area contributed by atoms with Crippen LogP contribution in [0.5, 0.6) is 11.5 Å². The van der Waals surface area contributed by atoms with Crippen LogP contribution in [0.25, 0.3) is 6.08 Å². The van der Waals surface area contributed by atoms with Crippen LogP contribution in [0.3, 0.4) is 0 Å². The number of carbonyl (C=O) groups excluding carboxylic acids is 3. The Bertz CT molecular complexity index is 1260. The maximum atomic E-state index is 13.8. The first-order chi connectivity index (χ1) is 16.2. The second kappa shape index (κ2) is 10.7. The van der Waals surface area contributed by atoms with Crippen molar-refractivity contribution in [2.24, 2.45) is 0 Å². The van der Waals surface area contributed by atoms with Gasteiger partial charge in [0.1, 0.15) is 13.2 Å². The molecule has 1 saturated heterocycles. The largest absolute Gasteiger partial charge is 0.493 e. The highest BCUT2D eigenvalue weighted by Gasteiger charge is 2.36. The van der Waals surface area contributed by atoms with Gasteiger partial charge in [-0.25, -0.2) is 13.2 Å². The normalized spacial score (nSPS) is 14.4. The molecule has 34 heavy (non-hydrogen) atoms. The molecule has 0 radical (unpaired) electrons. The molecule has 1 aliphatic rings. The minimum absolute atomic E-state index is 0.00369. The molecule has 0 aromatic heterocycles. The molecule has 0 atom stereocenters. The van der Waals surface area contributed by atoms with Crippen molar-refractivity contribution in [3.63, 3.8) is 0 Å². The summed E-state index contributed by atoms with van der Waals surface area (Å²) in [5.41, 5.74) is -0.147. The van der Waals surface area contributed by atoms with Crippen LogP contribution in [0.2, 0.25) is 0 Å². The molecule has 0 spiro atoms. The van der Waals surface area contributed by atoms with Gasteiger partial charge >= 0.3 is 0 Å². The van der Waals surface area contributed by atoms with E-state index in [1.807, 2.05) is 5.32 Å². The summed E-state index contributed by atoms with van der Waals surface area (Å²) in [6.45, 7) is -0.754. The van der Waals surface area contributed by atoms with E-state index in [1.165, 1.54) is 13.2 Å². The molecule has 1 heterocycles. The molecule has 3 rings (SSSR count). The smallest absolute Gasteiger partial charge is 0.294 e. The molecule has 2 aromatic rings. The summed E-state index contributed by atoms with van der Waals surface area (Å²) < 4.78 is 51.3. The van der Waals surface area contributed by atoms with Crippen molar-refractivity contribution in [1.29, 1.82) is 0 Å². The first kappa shape index (κ1) is 25.2. The molecule has 7 nitrogen and oxygen atoms in total. The van der Waals surface area contributed by atoms with Crippen molar-refractivity contribution in [1.82, 2.24) is 4.90 Å². The molecule has 0 saturated carbocycles. The third-order valence-electron chi connectivity index (χ3n) is 4.33. The van der Waals surface area contributed by atoms with Crippen molar-refractivity contribution >= 4 is 56.5 Å². The summed E-state index contributed by atoms with van der Waals surface area (Å²) in [5.74, 6) is -3.52. The molecule has 1 N–H and O–H groups in total. The van der Waals surface area contributed by atoms with E-state index in [4.69, 9.17) is 15.9 Å². The van der Waals surface area contributed by atoms with Gasteiger partial charge in [-0.3, -0.25) is 19.3 Å². The molecule has 3 amide bonds. The molecule has 0 unspecified atom stereocenters. The van der Waals surface area contributed by atoms with Crippen molar-refractivity contribution in [3.05, 3.63) is 56.7 Å². The van der Waals surface area contributed by atoms with E-state index in [-0.39, 0.29) is 11.5 Å². The second-order valence-electron chi connectivity index (χ2n) is 6.57. The number of halogens is 4. The number of nitrogens with zero attached hydrogens (tertiary/aromatic N) is 1. The predicted octanol–water partition coefficient (Wildman–Crippen LogP) is 4.56. The average molecular weight is 555 g/mol. The lowest BCUT2D eigenvalue weighted by Gasteiger charge is -2.13. The zero-order chi connectivity index (χ0) is 25.0. The Labute approximate surface area is 204 Å². The maximum Gasteiger partial charge on any atom is 0.294 e. The number of methoxy groups -OCH3 is 1. The fourth-order valence-electron chi connectivity index (χ4n) is 2.82. The van der Waals surface area contributed by atoms with Crippen LogP contribution in [-0.4, -0.2) is 42.2 Å². The Morgan fingerprint density at radius 2 is 2.00 bits per heavy atom. The van der Waals surface area contributed by atoms with Gasteiger partial charge in [0.05, 0.1) is 22.2 Å². The number of ether oxygens (including phenoxy) is 2. The quantitative estimate of drug-likeness (QED) is 0.307. The lowest BCUT2D eigenvalue weighted by atomic mass is 10.2. The number of hydrogen-bond acceptors (Lipinski definition) is 6. The zero-order valence-electron chi connectivity index (χ0n) is 17.3. The van der Waals surface area contributed by atoms with Gasteiger partial charge < -0.3 is 14.8 Å². The first-order valence-corrected chi connectivity index (χ1v) is 10.9. The van der Waals surface area contributed by atoms with Crippen molar-refractivity contribution in [3.8, 4) is 23.8 Å². The number of hydrogen-bond donors (Lipinski definition) is 1. The lowest BCUT2D eigenvalue weighted by Crippen LogP contribution is -2.36. The van der Waals surface area contributed by atoms with Crippen molar-refractivity contribution < 1.29 is 37.0 Å². The SMILES string of the molecule is C#CCOc1c(Br)cc(/C=C2\SC(=O)N(CC(=O)Nc3ccc(F)c(F)c3F)C2=O)cc1OC. The topological polar surface area (TPSA) is 84.9 Å². The number of thioether (sulfide) groups is 1. The number of benzene rings is 2. The Kier molecular flexibility index (Phi) is 7.90. The monoisotopic (exact) mass is 554 g/mol. The fraction of sp³-hybridized carbons (Fsp3) is 0.136. The van der Waals surface area contributed by atoms with Crippen LogP contribution in [0.15, 0.2) is 33.6 Å². The van der Waals surface area contributed by atoms with E-state index >= 15 is 0 Å². The molecule has 176 valence electrons. The Morgan fingerprint density at radius 3 is 2.68 bits per heavy atom. The summed E-state index contributed by atoms with van der Waals surface area (Å²) in [5, 5.41) is 1.27. The highest BCUT2D eigenvalue weighted by Crippen LogP contribution is 2.39. The second-order valence-corrected chi connectivity index (χ2v) is 8.41. The fourth-order valence-corrected chi connectivity index (χ4v) is 4.23. The van der Waals surface area contributed by atoms with E-state index in [2.05, 4.69) is 21.9 Å². The minimum Gasteiger partial charge on any atom is -0.493 e. The molecular formula is C22H14BrF3N2O5S. The summed E-state index contributed by atoms with van der Waals surface area (Å²) in [6.07, 6.45) is 6.61. The highest BCUT2D eigenvalue weighted by molar-refractivity contribution is 9.10. The predicted molar refractivity (Wildman–Crippen MR) is 123 cm³/mol. The van der Waals surface area contributed by atoms with E-state index in [9.17, 15) is 27.6 Å². The number of carbonyl (C=O) groups is 3. The molecular weight excluding hydrogens is 541 g/mol. The van der Waals surface area contributed by atoms with Crippen LogP contribution >= 0.6 is 27.7 Å². The van der Waals surface area contributed by atoms with Gasteiger partial charge in [-0.2, -0.15) is 0 Å². The van der Waals surface area contributed by atoms with Crippen LogP contribution in [0.1, 0.15) is 5.56 Å². The lowest BCUT2D eigenvalue weighted by molar-refractivity contribution is -0.127. The van der Waals surface area contributed by atoms with Crippen LogP contribution < -0.4 is 14.8 Å². The summed E-state index contributed by atoms with van der Waals surface area (Å²) in [6, 6.07) is 4.62. The summed E-state index contributed by atoms with van der Waals surface area (Å²) in [7, 11) is 1.41. The zero-order valence-corrected chi connectivity index (χ0v) is 19.7. The third kappa shape index (κ3) is 5.37. The van der Waals surface area contributed by atoms with E-state index in [1.54, 1.807) is 12.1 Å². The Balaban J connectivity index is 1.77. The first-order valence-electron chi connectivity index (χ1n) is 9.28. The van der Waals surface area contributed by atoms with Gasteiger partial charge in [0.25, 0.3) is 11.1 Å². The van der Waals surface area contributed by atoms with E-state index in [0.29, 0.717) is 44.3 Å². The molecule has 2 aromatic carbocycles. The Hall–Kier alpha value is -3.43. The van der Waals surface area contributed by atoms with Crippen molar-refractivity contribution in [2.75, 3.05) is 25.6 Å². The number of anilines is 1. The summed E-state index contributed by atoms with van der Waals surface area (Å²) >= 11 is 3.92. The molecule has 12 heteroatoms. The standard InChI is InChI=1S/C22H14BrF3N2O5S/c1-3-6-33-20-12(23)7-11(8-15(20)32-2)9-16-21(30)28(22(31)34-16)10-17(29)27-14-5-4-13(24)18(25)19(14)26/h1,4-5,7-9H,6,10H2,2H3,(H,27,29)/b16-9-. The van der Waals surface area contributed by atoms with Gasteiger partial charge in [0.15, 0.2) is 29.0 Å². The molecule has 0 bridgehead atoms. The molecule has 0 aliphatic carbocycles. The van der Waals surface area contributed by atoms with Crippen LogP contribution in [0, 0.1) is 29.8 Å². The summed E-state index contributed by atoms with van der Waals surface area (Å²) in [4.78, 5) is 37.8. The van der Waals surface area contributed by atoms with E-state index < -0.39 is 46.7 Å². The molecule has 1 aliphatic heterocycles. The minimum atomic E-state index is -1.76. The van der Waals surface area contributed by atoms with Gasteiger partial charge in [0.2, 0.25) is 5.91 Å². The van der Waals surface area contributed by atoms with Gasteiger partial charge in [-0.15, -0.1) is 6.42 Å². The highest BCUT2D eigenvalue weighted by atomic mass is 79.9. The van der Waals surface area contributed by atoms with Gasteiger partial charge in [-0.1, -0.05) is 5.92 Å². The Morgan fingerprint density at radius 1 is 1.26 bits per heavy atom. The van der Waals surface area contributed by atoms with Gasteiger partial charge in [-0.05, 0) is 63.6 Å².